The fourth-order valence-corrected chi connectivity index (χ4v) is 4.43. The van der Waals surface area contributed by atoms with Gasteiger partial charge in [0, 0.05) is 25.2 Å². The number of nitrogens with zero attached hydrogens (tertiary/aromatic N) is 6. The van der Waals surface area contributed by atoms with Crippen LogP contribution >= 0.6 is 0 Å². The number of aliphatic imine (C=N–C) groups is 1. The molecule has 4 amide bonds. The molecule has 4 heterocycles. The quantitative estimate of drug-likeness (QED) is 0.482. The highest BCUT2D eigenvalue weighted by Gasteiger charge is 2.51. The molecule has 0 saturated carbocycles. The molecule has 2 unspecified atom stereocenters. The van der Waals surface area contributed by atoms with Gasteiger partial charge in [0.15, 0.2) is 18.0 Å². The van der Waals surface area contributed by atoms with E-state index in [1.807, 2.05) is 0 Å². The number of anilines is 1. The van der Waals surface area contributed by atoms with Crippen molar-refractivity contribution >= 4 is 35.8 Å². The molecule has 2 aliphatic heterocycles. The van der Waals surface area contributed by atoms with Crippen LogP contribution in [-0.4, -0.2) is 93.1 Å². The number of alkyl halides is 3. The minimum Gasteiger partial charge on any atom is -0.478 e. The lowest BCUT2D eigenvalue weighted by molar-refractivity contribution is -0.141. The zero-order valence-corrected chi connectivity index (χ0v) is 22.7. The number of carbonyl (C=O) groups excluding carboxylic acids is 4. The molecule has 41 heavy (non-hydrogen) atoms. The first-order valence-electron chi connectivity index (χ1n) is 12.8. The van der Waals surface area contributed by atoms with Gasteiger partial charge in [0.25, 0.3) is 5.91 Å². The largest absolute Gasteiger partial charge is 0.478 e. The van der Waals surface area contributed by atoms with Crippen LogP contribution in [0, 0.1) is 0 Å². The molecule has 12 nitrogen and oxygen atoms in total. The first-order valence-corrected chi connectivity index (χ1v) is 12.8. The van der Waals surface area contributed by atoms with Gasteiger partial charge in [-0.1, -0.05) is 13.0 Å². The summed E-state index contributed by atoms with van der Waals surface area (Å²) in [5.41, 5.74) is -0.875. The third-order valence-electron chi connectivity index (χ3n) is 6.69. The number of hydrogen-bond acceptors (Lipinski definition) is 9. The van der Waals surface area contributed by atoms with E-state index in [4.69, 9.17) is 4.74 Å². The fraction of sp³-hybridized carbons (Fsp3) is 0.423. The van der Waals surface area contributed by atoms with Crippen molar-refractivity contribution in [2.45, 2.75) is 51.6 Å². The van der Waals surface area contributed by atoms with Crippen LogP contribution in [-0.2, 0) is 20.6 Å². The number of ether oxygens (including phenoxy) is 1. The Morgan fingerprint density at radius 1 is 1.20 bits per heavy atom. The third kappa shape index (κ3) is 5.83. The Kier molecular flexibility index (Phi) is 8.26. The van der Waals surface area contributed by atoms with E-state index < -0.39 is 53.7 Å². The molecule has 0 radical (unpaired) electrons. The topological polar surface area (TPSA) is 137 Å². The Labute approximate surface area is 233 Å². The van der Waals surface area contributed by atoms with Gasteiger partial charge in [-0.3, -0.25) is 19.3 Å². The second kappa shape index (κ2) is 11.5. The second-order valence-electron chi connectivity index (χ2n) is 9.36. The van der Waals surface area contributed by atoms with Gasteiger partial charge in [0.2, 0.25) is 11.8 Å². The summed E-state index contributed by atoms with van der Waals surface area (Å²) in [7, 11) is 1.46. The number of urea groups is 1. The summed E-state index contributed by atoms with van der Waals surface area (Å²) in [6, 6.07) is 2.64. The van der Waals surface area contributed by atoms with Gasteiger partial charge < -0.3 is 19.9 Å². The minimum atomic E-state index is -4.71. The molecular formula is C26H28F3N7O5. The van der Waals surface area contributed by atoms with Crippen molar-refractivity contribution < 1.29 is 37.1 Å². The van der Waals surface area contributed by atoms with Crippen LogP contribution < -0.4 is 10.1 Å². The van der Waals surface area contributed by atoms with Crippen molar-refractivity contribution in [1.82, 2.24) is 24.7 Å². The highest BCUT2D eigenvalue weighted by atomic mass is 19.4. The summed E-state index contributed by atoms with van der Waals surface area (Å²) in [5, 5.41) is 2.61. The summed E-state index contributed by atoms with van der Waals surface area (Å²) in [5.74, 6) is -2.04. The van der Waals surface area contributed by atoms with Gasteiger partial charge in [-0.15, -0.1) is 0 Å². The summed E-state index contributed by atoms with van der Waals surface area (Å²) in [6.07, 6.45) is -2.95. The molecule has 3 atom stereocenters. The number of carbonyl (C=O) groups is 4. The number of imide groups is 1. The number of likely N-dealkylation sites (N-methyl/N-ethyl adjacent to an activating group) is 1. The maximum absolute atomic E-state index is 13.6. The summed E-state index contributed by atoms with van der Waals surface area (Å²) in [6.45, 7) is 4.30. The van der Waals surface area contributed by atoms with Crippen LogP contribution in [0.15, 0.2) is 35.5 Å². The summed E-state index contributed by atoms with van der Waals surface area (Å²) < 4.78 is 45.7. The van der Waals surface area contributed by atoms with Crippen molar-refractivity contribution in [2.24, 2.45) is 4.99 Å². The number of nitrogens with one attached hydrogen (secondary N) is 1. The van der Waals surface area contributed by atoms with Gasteiger partial charge in [0.1, 0.15) is 17.4 Å². The smallest absolute Gasteiger partial charge is 0.421 e. The normalized spacial score (nSPS) is 19.3. The van der Waals surface area contributed by atoms with Crippen molar-refractivity contribution in [3.63, 3.8) is 0 Å². The Balaban J connectivity index is 1.53. The second-order valence-corrected chi connectivity index (χ2v) is 9.36. The summed E-state index contributed by atoms with van der Waals surface area (Å²) >= 11 is 0. The van der Waals surface area contributed by atoms with Crippen molar-refractivity contribution in [3.05, 3.63) is 36.0 Å². The predicted octanol–water partition coefficient (Wildman–Crippen LogP) is 2.80. The molecule has 15 heteroatoms. The Morgan fingerprint density at radius 3 is 2.59 bits per heavy atom. The molecule has 218 valence electrons. The van der Waals surface area contributed by atoms with Crippen LogP contribution in [0.4, 0.5) is 23.8 Å². The van der Waals surface area contributed by atoms with E-state index in [0.29, 0.717) is 0 Å². The van der Waals surface area contributed by atoms with Gasteiger partial charge in [0.05, 0.1) is 25.2 Å². The fourth-order valence-electron chi connectivity index (χ4n) is 4.43. The van der Waals surface area contributed by atoms with E-state index in [9.17, 15) is 32.3 Å². The average molecular weight is 576 g/mol. The molecule has 2 aromatic heterocycles. The third-order valence-corrected chi connectivity index (χ3v) is 6.69. The molecule has 2 aliphatic rings. The minimum absolute atomic E-state index is 0.00377. The zero-order valence-electron chi connectivity index (χ0n) is 22.7. The SMILES string of the molecule is CCOc1ncc(-c2cccc(NC(=O)[C@H](C)N3C=NC4C3C(=O)N(CC(=O)CC)C(=O)N4C)n2)cc1C(F)(F)F. The number of hydrogen-bond donors (Lipinski definition) is 1. The van der Waals surface area contributed by atoms with E-state index in [-0.39, 0.29) is 42.4 Å². The number of amides is 4. The van der Waals surface area contributed by atoms with Gasteiger partial charge in [-0.05, 0) is 32.0 Å². The average Bonchev–Trinajstić information content (AvgIpc) is 3.39. The van der Waals surface area contributed by atoms with Crippen molar-refractivity contribution in [1.29, 1.82) is 0 Å². The van der Waals surface area contributed by atoms with Crippen LogP contribution in [0.5, 0.6) is 5.88 Å². The van der Waals surface area contributed by atoms with Crippen LogP contribution in [0.2, 0.25) is 0 Å². The molecule has 0 bridgehead atoms. The zero-order chi connectivity index (χ0) is 30.1. The van der Waals surface area contributed by atoms with Crippen LogP contribution in [0.25, 0.3) is 11.3 Å². The highest BCUT2D eigenvalue weighted by Crippen LogP contribution is 2.37. The number of aromatic nitrogens is 2. The Bertz CT molecular complexity index is 1400. The standard InChI is InChI=1S/C26H28F3N7O5/c1-5-16(37)12-35-24(39)20-21(34(4)25(35)40)31-13-36(20)14(3)22(38)33-19-9-7-8-18(32-19)15-10-17(26(27,28)29)23(30-11-15)41-6-2/h7-11,13-14,20-21H,5-6,12H2,1-4H3,(H,32,33,38)/t14-,20?,21?/m0/s1. The van der Waals surface area contributed by atoms with E-state index in [0.717, 1.165) is 11.0 Å². The van der Waals surface area contributed by atoms with Gasteiger partial charge >= 0.3 is 12.2 Å². The molecule has 1 N–H and O–H groups in total. The lowest BCUT2D eigenvalue weighted by Crippen LogP contribution is -2.66. The first kappa shape index (κ1) is 29.4. The van der Waals surface area contributed by atoms with E-state index in [2.05, 4.69) is 20.3 Å². The van der Waals surface area contributed by atoms with Crippen LogP contribution in [0.1, 0.15) is 32.8 Å². The number of Topliss-reactive ketones (excluding diaryl/α,β-unsaturated/α-hetero) is 1. The van der Waals surface area contributed by atoms with Crippen molar-refractivity contribution in [2.75, 3.05) is 25.5 Å². The van der Waals surface area contributed by atoms with Crippen molar-refractivity contribution in [3.8, 4) is 17.1 Å². The monoisotopic (exact) mass is 575 g/mol. The van der Waals surface area contributed by atoms with E-state index in [1.165, 1.54) is 54.5 Å². The maximum Gasteiger partial charge on any atom is 0.421 e. The van der Waals surface area contributed by atoms with Gasteiger partial charge in [-0.25, -0.2) is 19.8 Å². The summed E-state index contributed by atoms with van der Waals surface area (Å²) in [4.78, 5) is 66.9. The number of ketones is 1. The van der Waals surface area contributed by atoms with E-state index in [1.54, 1.807) is 13.8 Å². The molecule has 0 aliphatic carbocycles. The maximum atomic E-state index is 13.6. The van der Waals surface area contributed by atoms with Crippen LogP contribution in [0.3, 0.4) is 0 Å². The lowest BCUT2D eigenvalue weighted by atomic mass is 10.1. The number of pyridine rings is 2. The highest BCUT2D eigenvalue weighted by molar-refractivity contribution is 6.05. The Morgan fingerprint density at radius 2 is 1.93 bits per heavy atom. The number of halogens is 3. The molecule has 2 aromatic rings. The predicted molar refractivity (Wildman–Crippen MR) is 140 cm³/mol. The lowest BCUT2D eigenvalue weighted by Gasteiger charge is -2.42. The number of rotatable bonds is 9. The van der Waals surface area contributed by atoms with E-state index >= 15 is 0 Å². The molecule has 0 aromatic carbocycles. The number of fused-ring (bicyclic) bond motifs is 1. The Hall–Kier alpha value is -4.56. The molecular weight excluding hydrogens is 547 g/mol. The molecule has 1 fully saturated rings. The molecule has 4 rings (SSSR count). The molecule has 1 saturated heterocycles. The first-order chi connectivity index (χ1) is 19.4. The van der Waals surface area contributed by atoms with Gasteiger partial charge in [-0.2, -0.15) is 13.2 Å². The molecule has 0 spiro atoms.